The van der Waals surface area contributed by atoms with E-state index in [0.717, 1.165) is 22.3 Å². The molecule has 2 aromatic carbocycles. The Bertz CT molecular complexity index is 1200. The van der Waals surface area contributed by atoms with Crippen LogP contribution >= 0.6 is 11.3 Å². The van der Waals surface area contributed by atoms with Crippen LogP contribution < -0.4 is 10.6 Å². The first-order valence-corrected chi connectivity index (χ1v) is 12.3. The lowest BCUT2D eigenvalue weighted by molar-refractivity contribution is -0.137. The van der Waals surface area contributed by atoms with Crippen LogP contribution in [0, 0.1) is 0 Å². The largest absolute Gasteiger partial charge is 0.481 e. The van der Waals surface area contributed by atoms with Gasteiger partial charge in [-0.1, -0.05) is 55.5 Å². The SMILES string of the molecule is CC[C@@H](CC(=O)O)NC(=O)c1csc(C(C)NC(=O)OCC2c3ccccc3-c3ccccc32)n1. The number of ether oxygens (including phenoxy) is 1. The number of carboxylic acid groups (broad SMARTS) is 1. The van der Waals surface area contributed by atoms with Crippen LogP contribution in [-0.4, -0.2) is 40.7 Å². The first-order valence-electron chi connectivity index (χ1n) is 11.5. The van der Waals surface area contributed by atoms with Crippen LogP contribution in [0.3, 0.4) is 0 Å². The zero-order valence-corrected chi connectivity index (χ0v) is 20.3. The lowest BCUT2D eigenvalue weighted by atomic mass is 9.98. The minimum absolute atomic E-state index is 0.0315. The molecule has 0 radical (unpaired) electrons. The van der Waals surface area contributed by atoms with Gasteiger partial charge in [-0.25, -0.2) is 9.78 Å². The maximum atomic E-state index is 12.5. The Morgan fingerprint density at radius 2 is 1.69 bits per heavy atom. The number of aromatic nitrogens is 1. The fourth-order valence-electron chi connectivity index (χ4n) is 4.24. The monoisotopic (exact) mass is 493 g/mol. The van der Waals surface area contributed by atoms with Gasteiger partial charge in [0.15, 0.2) is 0 Å². The van der Waals surface area contributed by atoms with E-state index in [1.54, 1.807) is 19.2 Å². The lowest BCUT2D eigenvalue weighted by Crippen LogP contribution is -2.36. The molecular weight excluding hydrogens is 466 g/mol. The molecule has 0 saturated carbocycles. The molecule has 0 aliphatic heterocycles. The van der Waals surface area contributed by atoms with Gasteiger partial charge in [-0.05, 0) is 35.6 Å². The standard InChI is InChI=1S/C26H27N3O5S/c1-3-16(12-23(30)31)28-24(32)22-14-35-25(29-22)15(2)27-26(33)34-13-21-19-10-6-4-8-17(19)18-9-5-7-11-20(18)21/h4-11,14-16,21H,3,12-13H2,1-2H3,(H,27,33)(H,28,32)(H,30,31)/t15?,16-/m0/s1. The van der Waals surface area contributed by atoms with Crippen LogP contribution in [0.15, 0.2) is 53.9 Å². The van der Waals surface area contributed by atoms with Crippen molar-refractivity contribution in [3.63, 3.8) is 0 Å². The molecule has 1 unspecified atom stereocenters. The third kappa shape index (κ3) is 5.51. The number of fused-ring (bicyclic) bond motifs is 3. The fraction of sp³-hybridized carbons (Fsp3) is 0.308. The highest BCUT2D eigenvalue weighted by Crippen LogP contribution is 2.44. The van der Waals surface area contributed by atoms with E-state index < -0.39 is 30.1 Å². The summed E-state index contributed by atoms with van der Waals surface area (Å²) in [6.45, 7) is 3.78. The number of amides is 2. The van der Waals surface area contributed by atoms with Gasteiger partial charge in [-0.3, -0.25) is 9.59 Å². The summed E-state index contributed by atoms with van der Waals surface area (Å²) in [7, 11) is 0. The molecule has 1 aliphatic carbocycles. The number of hydrogen-bond acceptors (Lipinski definition) is 6. The second-order valence-electron chi connectivity index (χ2n) is 8.44. The number of benzene rings is 2. The second-order valence-corrected chi connectivity index (χ2v) is 9.33. The summed E-state index contributed by atoms with van der Waals surface area (Å²) in [5.41, 5.74) is 4.78. The molecule has 3 aromatic rings. The summed E-state index contributed by atoms with van der Waals surface area (Å²) in [6, 6.07) is 15.3. The highest BCUT2D eigenvalue weighted by Gasteiger charge is 2.29. The van der Waals surface area contributed by atoms with Gasteiger partial charge in [-0.2, -0.15) is 0 Å². The Labute approximate surface area is 207 Å². The summed E-state index contributed by atoms with van der Waals surface area (Å²) >= 11 is 1.24. The van der Waals surface area contributed by atoms with Gasteiger partial charge in [0.2, 0.25) is 0 Å². The first kappa shape index (κ1) is 24.4. The van der Waals surface area contributed by atoms with Crippen molar-refractivity contribution in [2.24, 2.45) is 0 Å². The van der Waals surface area contributed by atoms with Crippen molar-refractivity contribution in [2.75, 3.05) is 6.61 Å². The van der Waals surface area contributed by atoms with E-state index in [0.29, 0.717) is 11.4 Å². The van der Waals surface area contributed by atoms with Gasteiger partial charge < -0.3 is 20.5 Å². The predicted octanol–water partition coefficient (Wildman–Crippen LogP) is 4.73. The van der Waals surface area contributed by atoms with Crippen LogP contribution in [0.5, 0.6) is 0 Å². The van der Waals surface area contributed by atoms with E-state index in [-0.39, 0.29) is 24.6 Å². The molecule has 8 nitrogen and oxygen atoms in total. The summed E-state index contributed by atoms with van der Waals surface area (Å²) in [5, 5.41) is 16.6. The molecule has 182 valence electrons. The van der Waals surface area contributed by atoms with Gasteiger partial charge in [0, 0.05) is 17.3 Å². The van der Waals surface area contributed by atoms with Crippen molar-refractivity contribution in [1.29, 1.82) is 0 Å². The predicted molar refractivity (Wildman–Crippen MR) is 133 cm³/mol. The second kappa shape index (κ2) is 10.7. The topological polar surface area (TPSA) is 118 Å². The van der Waals surface area contributed by atoms with E-state index in [2.05, 4.69) is 39.9 Å². The Morgan fingerprint density at radius 3 is 2.29 bits per heavy atom. The number of carbonyl (C=O) groups is 3. The number of carbonyl (C=O) groups excluding carboxylic acids is 2. The molecule has 1 heterocycles. The van der Waals surface area contributed by atoms with Gasteiger partial charge in [-0.15, -0.1) is 11.3 Å². The quantitative estimate of drug-likeness (QED) is 0.397. The van der Waals surface area contributed by atoms with Crippen molar-refractivity contribution < 1.29 is 24.2 Å². The molecule has 1 aliphatic rings. The zero-order valence-electron chi connectivity index (χ0n) is 19.5. The first-order chi connectivity index (χ1) is 16.9. The number of rotatable bonds is 9. The van der Waals surface area contributed by atoms with Gasteiger partial charge >= 0.3 is 12.1 Å². The average Bonchev–Trinajstić information content (AvgIpc) is 3.46. The van der Waals surface area contributed by atoms with Gasteiger partial charge in [0.25, 0.3) is 5.91 Å². The maximum absolute atomic E-state index is 12.5. The van der Waals surface area contributed by atoms with Gasteiger partial charge in [0.1, 0.15) is 17.3 Å². The smallest absolute Gasteiger partial charge is 0.407 e. The van der Waals surface area contributed by atoms with Crippen LogP contribution in [-0.2, 0) is 9.53 Å². The Kier molecular flexibility index (Phi) is 7.45. The molecule has 35 heavy (non-hydrogen) atoms. The summed E-state index contributed by atoms with van der Waals surface area (Å²) < 4.78 is 5.58. The molecule has 0 fully saturated rings. The van der Waals surface area contributed by atoms with Gasteiger partial charge in [0.05, 0.1) is 12.5 Å². The summed E-state index contributed by atoms with van der Waals surface area (Å²) in [4.78, 5) is 40.2. The minimum atomic E-state index is -0.975. The van der Waals surface area contributed by atoms with E-state index >= 15 is 0 Å². The molecule has 0 saturated heterocycles. The average molecular weight is 494 g/mol. The highest BCUT2D eigenvalue weighted by atomic mass is 32.1. The zero-order chi connectivity index (χ0) is 24.9. The molecule has 2 amide bonds. The number of alkyl carbamates (subject to hydrolysis) is 1. The van der Waals surface area contributed by atoms with Crippen molar-refractivity contribution >= 4 is 29.3 Å². The summed E-state index contributed by atoms with van der Waals surface area (Å²) in [6.07, 6.45) is -0.221. The van der Waals surface area contributed by atoms with Crippen LogP contribution in [0.2, 0.25) is 0 Å². The highest BCUT2D eigenvalue weighted by molar-refractivity contribution is 7.09. The maximum Gasteiger partial charge on any atom is 0.407 e. The number of thiazole rings is 1. The fourth-order valence-corrected chi connectivity index (χ4v) is 5.04. The number of aliphatic carboxylic acids is 1. The molecular formula is C26H27N3O5S. The normalized spacial score (nSPS) is 13.9. The van der Waals surface area contributed by atoms with Crippen LogP contribution in [0.1, 0.15) is 65.3 Å². The lowest BCUT2D eigenvalue weighted by Gasteiger charge is -2.16. The third-order valence-electron chi connectivity index (χ3n) is 6.05. The number of carboxylic acids is 1. The van der Waals surface area contributed by atoms with Crippen molar-refractivity contribution in [3.05, 3.63) is 75.7 Å². The minimum Gasteiger partial charge on any atom is -0.481 e. The van der Waals surface area contributed by atoms with Crippen molar-refractivity contribution in [1.82, 2.24) is 15.6 Å². The van der Waals surface area contributed by atoms with Crippen LogP contribution in [0.4, 0.5) is 4.79 Å². The number of nitrogens with zero attached hydrogens (tertiary/aromatic N) is 1. The summed E-state index contributed by atoms with van der Waals surface area (Å²) in [5.74, 6) is -1.44. The number of hydrogen-bond donors (Lipinski definition) is 3. The number of nitrogens with one attached hydrogen (secondary N) is 2. The van der Waals surface area contributed by atoms with E-state index in [1.165, 1.54) is 11.3 Å². The molecule has 2 atom stereocenters. The van der Waals surface area contributed by atoms with E-state index in [1.807, 2.05) is 24.3 Å². The Hall–Kier alpha value is -3.72. The Balaban J connectivity index is 1.34. The van der Waals surface area contributed by atoms with E-state index in [4.69, 9.17) is 9.84 Å². The van der Waals surface area contributed by atoms with Crippen LogP contribution in [0.25, 0.3) is 11.1 Å². The molecule has 0 bridgehead atoms. The molecule has 3 N–H and O–H groups in total. The Morgan fingerprint density at radius 1 is 1.06 bits per heavy atom. The van der Waals surface area contributed by atoms with Crippen molar-refractivity contribution in [3.8, 4) is 11.1 Å². The van der Waals surface area contributed by atoms with E-state index in [9.17, 15) is 14.4 Å². The van der Waals surface area contributed by atoms with Crippen molar-refractivity contribution in [2.45, 2.75) is 44.7 Å². The molecule has 0 spiro atoms. The molecule has 9 heteroatoms. The molecule has 4 rings (SSSR count). The molecule has 1 aromatic heterocycles. The third-order valence-corrected chi connectivity index (χ3v) is 7.08.